The summed E-state index contributed by atoms with van der Waals surface area (Å²) in [6.07, 6.45) is 11.0. The van der Waals surface area contributed by atoms with Crippen LogP contribution in [0.4, 0.5) is 0 Å². The van der Waals surface area contributed by atoms with Crippen LogP contribution >= 0.6 is 0 Å². The first kappa shape index (κ1) is 27.0. The van der Waals surface area contributed by atoms with Crippen LogP contribution in [0.3, 0.4) is 0 Å². The molecule has 1 aliphatic carbocycles. The molecular formula is C30H41N5O2. The molecule has 0 bridgehead atoms. The van der Waals surface area contributed by atoms with Gasteiger partial charge in [0.15, 0.2) is 0 Å². The third kappa shape index (κ3) is 6.09. The summed E-state index contributed by atoms with van der Waals surface area (Å²) in [5, 5.41) is 7.18. The van der Waals surface area contributed by atoms with Crippen LogP contribution < -0.4 is 10.6 Å². The number of hydrogen-bond donors (Lipinski definition) is 2. The first-order chi connectivity index (χ1) is 17.9. The van der Waals surface area contributed by atoms with Gasteiger partial charge in [0.2, 0.25) is 11.8 Å². The van der Waals surface area contributed by atoms with Gasteiger partial charge >= 0.3 is 0 Å². The van der Waals surface area contributed by atoms with E-state index in [9.17, 15) is 9.59 Å². The summed E-state index contributed by atoms with van der Waals surface area (Å²) >= 11 is 0. The predicted octanol–water partition coefficient (Wildman–Crippen LogP) is 4.72. The van der Waals surface area contributed by atoms with Crippen LogP contribution in [0.2, 0.25) is 0 Å². The number of pyridine rings is 1. The lowest BCUT2D eigenvalue weighted by Crippen LogP contribution is -2.57. The SMILES string of the molecule is C/C=C(\N=C(C)[C@@H]1CCCN1C(=O)[C@@H](NC(=O)[C@H](C)NC)C1CCCCC1)c1ccnc2ccccc12. The largest absolute Gasteiger partial charge is 0.343 e. The molecule has 1 saturated heterocycles. The Bertz CT molecular complexity index is 1160. The molecule has 2 N–H and O–H groups in total. The van der Waals surface area contributed by atoms with Gasteiger partial charge in [-0.25, -0.2) is 0 Å². The van der Waals surface area contributed by atoms with Crippen LogP contribution in [0.15, 0.2) is 47.6 Å². The third-order valence-corrected chi connectivity index (χ3v) is 8.02. The van der Waals surface area contributed by atoms with E-state index in [4.69, 9.17) is 4.99 Å². The van der Waals surface area contributed by atoms with Crippen LogP contribution in [0.5, 0.6) is 0 Å². The van der Waals surface area contributed by atoms with Crippen molar-refractivity contribution in [1.82, 2.24) is 20.5 Å². The molecule has 1 aliphatic heterocycles. The monoisotopic (exact) mass is 503 g/mol. The van der Waals surface area contributed by atoms with Crippen LogP contribution in [0, 0.1) is 5.92 Å². The molecule has 1 aromatic heterocycles. The van der Waals surface area contributed by atoms with Gasteiger partial charge in [0, 0.05) is 29.4 Å². The van der Waals surface area contributed by atoms with E-state index in [-0.39, 0.29) is 29.8 Å². The number of likely N-dealkylation sites (tertiary alicyclic amines) is 1. The molecule has 2 aliphatic rings. The van der Waals surface area contributed by atoms with Crippen molar-refractivity contribution in [2.45, 2.75) is 83.8 Å². The van der Waals surface area contributed by atoms with Crippen molar-refractivity contribution in [2.24, 2.45) is 10.9 Å². The van der Waals surface area contributed by atoms with Crippen molar-refractivity contribution < 1.29 is 9.59 Å². The van der Waals surface area contributed by atoms with Gasteiger partial charge in [0.05, 0.1) is 23.3 Å². The van der Waals surface area contributed by atoms with E-state index in [2.05, 4.69) is 21.7 Å². The van der Waals surface area contributed by atoms with Crippen LogP contribution in [-0.2, 0) is 9.59 Å². The first-order valence-corrected chi connectivity index (χ1v) is 13.8. The normalized spacial score (nSPS) is 21.2. The number of fused-ring (bicyclic) bond motifs is 1. The molecule has 1 saturated carbocycles. The molecular weight excluding hydrogens is 462 g/mol. The molecule has 37 heavy (non-hydrogen) atoms. The zero-order valence-electron chi connectivity index (χ0n) is 22.7. The molecule has 0 unspecified atom stereocenters. The summed E-state index contributed by atoms with van der Waals surface area (Å²) in [5.41, 5.74) is 3.79. The van der Waals surface area contributed by atoms with Crippen molar-refractivity contribution >= 4 is 34.1 Å². The molecule has 2 amide bonds. The van der Waals surface area contributed by atoms with E-state index in [0.717, 1.165) is 66.4 Å². The lowest BCUT2D eigenvalue weighted by atomic mass is 9.83. The van der Waals surface area contributed by atoms with Gasteiger partial charge in [-0.05, 0) is 71.6 Å². The van der Waals surface area contributed by atoms with Gasteiger partial charge < -0.3 is 15.5 Å². The quantitative estimate of drug-likeness (QED) is 0.511. The Hall–Kier alpha value is -3.06. The average Bonchev–Trinajstić information content (AvgIpc) is 3.44. The van der Waals surface area contributed by atoms with Gasteiger partial charge in [-0.15, -0.1) is 0 Å². The minimum Gasteiger partial charge on any atom is -0.343 e. The summed E-state index contributed by atoms with van der Waals surface area (Å²) in [5.74, 6) is 0.104. The van der Waals surface area contributed by atoms with Gasteiger partial charge in [0.1, 0.15) is 6.04 Å². The second-order valence-electron chi connectivity index (χ2n) is 10.4. The highest BCUT2D eigenvalue weighted by molar-refractivity contribution is 5.99. The topological polar surface area (TPSA) is 86.7 Å². The van der Waals surface area contributed by atoms with Crippen molar-refractivity contribution in [2.75, 3.05) is 13.6 Å². The molecule has 2 fully saturated rings. The van der Waals surface area contributed by atoms with Gasteiger partial charge in [-0.2, -0.15) is 0 Å². The highest BCUT2D eigenvalue weighted by Gasteiger charge is 2.39. The zero-order chi connectivity index (χ0) is 26.4. The molecule has 2 heterocycles. The minimum absolute atomic E-state index is 0.0389. The smallest absolute Gasteiger partial charge is 0.245 e. The number of aromatic nitrogens is 1. The molecule has 198 valence electrons. The minimum atomic E-state index is -0.484. The number of amides is 2. The van der Waals surface area contributed by atoms with Crippen LogP contribution in [0.25, 0.3) is 16.6 Å². The molecule has 4 rings (SSSR count). The maximum atomic E-state index is 14.0. The van der Waals surface area contributed by atoms with Gasteiger partial charge in [-0.1, -0.05) is 43.5 Å². The fourth-order valence-corrected chi connectivity index (χ4v) is 5.77. The third-order valence-electron chi connectivity index (χ3n) is 8.02. The number of benzene rings is 1. The highest BCUT2D eigenvalue weighted by atomic mass is 16.2. The number of nitrogens with zero attached hydrogens (tertiary/aromatic N) is 3. The Morgan fingerprint density at radius 3 is 2.59 bits per heavy atom. The van der Waals surface area contributed by atoms with E-state index in [1.807, 2.05) is 62.2 Å². The maximum Gasteiger partial charge on any atom is 0.245 e. The molecule has 7 heteroatoms. The number of likely N-dealkylation sites (N-methyl/N-ethyl adjacent to an activating group) is 1. The second kappa shape index (κ2) is 12.5. The van der Waals surface area contributed by atoms with E-state index >= 15 is 0 Å². The zero-order valence-corrected chi connectivity index (χ0v) is 22.7. The molecule has 0 spiro atoms. The fourth-order valence-electron chi connectivity index (χ4n) is 5.77. The van der Waals surface area contributed by atoms with Gasteiger partial charge in [-0.3, -0.25) is 19.6 Å². The Morgan fingerprint density at radius 1 is 1.11 bits per heavy atom. The van der Waals surface area contributed by atoms with E-state index in [1.165, 1.54) is 6.42 Å². The highest BCUT2D eigenvalue weighted by Crippen LogP contribution is 2.31. The van der Waals surface area contributed by atoms with E-state index in [1.54, 1.807) is 7.05 Å². The van der Waals surface area contributed by atoms with Crippen molar-refractivity contribution in [3.05, 3.63) is 48.2 Å². The van der Waals surface area contributed by atoms with E-state index < -0.39 is 6.04 Å². The number of rotatable bonds is 8. The predicted molar refractivity (Wildman–Crippen MR) is 150 cm³/mol. The number of para-hydroxylation sites is 1. The van der Waals surface area contributed by atoms with Crippen molar-refractivity contribution in [3.63, 3.8) is 0 Å². The molecule has 1 aromatic carbocycles. The van der Waals surface area contributed by atoms with Gasteiger partial charge in [0.25, 0.3) is 0 Å². The lowest BCUT2D eigenvalue weighted by Gasteiger charge is -2.35. The Labute approximate surface area is 220 Å². The number of nitrogens with one attached hydrogen (secondary N) is 2. The Morgan fingerprint density at radius 2 is 1.86 bits per heavy atom. The van der Waals surface area contributed by atoms with Crippen molar-refractivity contribution in [1.29, 1.82) is 0 Å². The molecule has 2 aromatic rings. The number of allylic oxidation sites excluding steroid dienone is 1. The van der Waals surface area contributed by atoms with Crippen molar-refractivity contribution in [3.8, 4) is 0 Å². The average molecular weight is 504 g/mol. The number of aliphatic imine (C=N–C) groups is 1. The van der Waals surface area contributed by atoms with E-state index in [0.29, 0.717) is 6.54 Å². The molecule has 7 nitrogen and oxygen atoms in total. The molecule has 0 radical (unpaired) electrons. The Balaban J connectivity index is 1.59. The number of carbonyl (C=O) groups is 2. The standard InChI is InChI=1S/C30H41N5O2/c1-5-25(24-17-18-32-26-15-10-9-14-23(24)26)33-20(2)27-16-11-19-35(27)30(37)28(22-12-7-6-8-13-22)34-29(36)21(3)31-4/h5,9-10,14-15,17-18,21-22,27-28,31H,6-8,11-13,16,19H2,1-4H3,(H,34,36)/b25-5-,33-20?/t21-,27-,28-/m0/s1. The summed E-state index contributed by atoms with van der Waals surface area (Å²) in [6, 6.07) is 9.19. The lowest BCUT2D eigenvalue weighted by molar-refractivity contribution is -0.138. The number of hydrogen-bond acceptors (Lipinski definition) is 5. The first-order valence-electron chi connectivity index (χ1n) is 13.8. The summed E-state index contributed by atoms with van der Waals surface area (Å²) < 4.78 is 0. The fraction of sp³-hybridized carbons (Fsp3) is 0.533. The molecule has 3 atom stereocenters. The Kier molecular flexibility index (Phi) is 9.09. The maximum absolute atomic E-state index is 14.0. The van der Waals surface area contributed by atoms with Crippen LogP contribution in [-0.4, -0.2) is 59.1 Å². The summed E-state index contributed by atoms with van der Waals surface area (Å²) in [6.45, 7) is 6.55. The summed E-state index contributed by atoms with van der Waals surface area (Å²) in [7, 11) is 1.77. The number of carbonyl (C=O) groups excluding carboxylic acids is 2. The second-order valence-corrected chi connectivity index (χ2v) is 10.4. The summed E-state index contributed by atoms with van der Waals surface area (Å²) in [4.78, 5) is 38.4. The van der Waals surface area contributed by atoms with Crippen LogP contribution in [0.1, 0.15) is 71.3 Å².